The lowest BCUT2D eigenvalue weighted by atomic mass is 9.98. The molecule has 3 aromatic rings. The Kier molecular flexibility index (Phi) is 5.01. The standard InChI is InChI=1S/C25H24N2O3/c28-25(26-24(18-7-3-1-4-8-18)19-9-5-2-6-10-19)27-14-13-21(16-27)20-11-12-22-23(15-20)30-17-29-22/h1-12,15,21,24H,13-14,16-17H2,(H,26,28). The number of rotatable bonds is 4. The van der Waals surface area contributed by atoms with E-state index in [0.29, 0.717) is 12.5 Å². The molecule has 30 heavy (non-hydrogen) atoms. The number of benzene rings is 3. The lowest BCUT2D eigenvalue weighted by Gasteiger charge is -2.24. The third-order valence-corrected chi connectivity index (χ3v) is 5.88. The molecule has 2 aliphatic heterocycles. The van der Waals surface area contributed by atoms with E-state index in [4.69, 9.17) is 9.47 Å². The first kappa shape index (κ1) is 18.6. The largest absolute Gasteiger partial charge is 0.454 e. The summed E-state index contributed by atoms with van der Waals surface area (Å²) >= 11 is 0. The Hall–Kier alpha value is -3.47. The fourth-order valence-corrected chi connectivity index (χ4v) is 4.25. The topological polar surface area (TPSA) is 50.8 Å². The maximum absolute atomic E-state index is 13.1. The van der Waals surface area contributed by atoms with Gasteiger partial charge in [-0.3, -0.25) is 0 Å². The predicted octanol–water partition coefficient (Wildman–Crippen LogP) is 4.70. The number of nitrogens with one attached hydrogen (secondary N) is 1. The molecule has 1 N–H and O–H groups in total. The van der Waals surface area contributed by atoms with Crippen LogP contribution in [-0.2, 0) is 0 Å². The molecular weight excluding hydrogens is 376 g/mol. The number of fused-ring (bicyclic) bond motifs is 1. The normalized spacial score (nSPS) is 17.4. The first-order valence-corrected chi connectivity index (χ1v) is 10.3. The molecule has 0 aromatic heterocycles. The zero-order valence-corrected chi connectivity index (χ0v) is 16.7. The first-order chi connectivity index (χ1) is 14.8. The van der Waals surface area contributed by atoms with Crippen LogP contribution in [0.15, 0.2) is 78.9 Å². The number of nitrogens with zero attached hydrogens (tertiary/aromatic N) is 1. The van der Waals surface area contributed by atoms with Gasteiger partial charge in [-0.25, -0.2) is 4.79 Å². The minimum atomic E-state index is -0.176. The van der Waals surface area contributed by atoms with Gasteiger partial charge in [0.2, 0.25) is 6.79 Å². The van der Waals surface area contributed by atoms with E-state index in [2.05, 4.69) is 35.6 Å². The average Bonchev–Trinajstić information content (AvgIpc) is 3.48. The van der Waals surface area contributed by atoms with Gasteiger partial charge in [0, 0.05) is 19.0 Å². The lowest BCUT2D eigenvalue weighted by Crippen LogP contribution is -2.40. The highest BCUT2D eigenvalue weighted by atomic mass is 16.7. The van der Waals surface area contributed by atoms with E-state index in [1.165, 1.54) is 5.56 Å². The van der Waals surface area contributed by atoms with E-state index < -0.39 is 0 Å². The summed E-state index contributed by atoms with van der Waals surface area (Å²) in [5.74, 6) is 1.89. The van der Waals surface area contributed by atoms with E-state index >= 15 is 0 Å². The molecule has 1 atom stereocenters. The van der Waals surface area contributed by atoms with Crippen molar-refractivity contribution in [2.75, 3.05) is 19.9 Å². The third kappa shape index (κ3) is 3.71. The van der Waals surface area contributed by atoms with Crippen molar-refractivity contribution in [2.24, 2.45) is 0 Å². The predicted molar refractivity (Wildman–Crippen MR) is 115 cm³/mol. The van der Waals surface area contributed by atoms with Gasteiger partial charge in [-0.05, 0) is 35.2 Å². The van der Waals surface area contributed by atoms with E-state index in [1.54, 1.807) is 0 Å². The highest BCUT2D eigenvalue weighted by Crippen LogP contribution is 2.37. The zero-order valence-electron chi connectivity index (χ0n) is 16.7. The Balaban J connectivity index is 1.30. The van der Waals surface area contributed by atoms with Gasteiger partial charge in [-0.2, -0.15) is 0 Å². The molecule has 0 bridgehead atoms. The Morgan fingerprint density at radius 1 is 0.900 bits per heavy atom. The van der Waals surface area contributed by atoms with Crippen LogP contribution >= 0.6 is 0 Å². The summed E-state index contributed by atoms with van der Waals surface area (Å²) in [5, 5.41) is 3.25. The molecule has 1 unspecified atom stereocenters. The van der Waals surface area contributed by atoms with Gasteiger partial charge in [0.25, 0.3) is 0 Å². The Morgan fingerprint density at radius 2 is 1.57 bits per heavy atom. The van der Waals surface area contributed by atoms with Crippen LogP contribution in [0.3, 0.4) is 0 Å². The number of urea groups is 1. The minimum absolute atomic E-state index is 0.0315. The molecule has 152 valence electrons. The monoisotopic (exact) mass is 400 g/mol. The van der Waals surface area contributed by atoms with Gasteiger partial charge < -0.3 is 19.7 Å². The smallest absolute Gasteiger partial charge is 0.318 e. The second-order valence-electron chi connectivity index (χ2n) is 7.75. The Labute approximate surface area is 176 Å². The molecule has 5 nitrogen and oxygen atoms in total. The van der Waals surface area contributed by atoms with Crippen LogP contribution in [0.4, 0.5) is 4.79 Å². The molecule has 0 saturated carbocycles. The fourth-order valence-electron chi connectivity index (χ4n) is 4.25. The van der Waals surface area contributed by atoms with E-state index in [-0.39, 0.29) is 18.9 Å². The van der Waals surface area contributed by atoms with Crippen LogP contribution in [0.2, 0.25) is 0 Å². The molecule has 1 saturated heterocycles. The van der Waals surface area contributed by atoms with Gasteiger partial charge in [-0.1, -0.05) is 66.7 Å². The van der Waals surface area contributed by atoms with Crippen LogP contribution < -0.4 is 14.8 Å². The molecule has 0 aliphatic carbocycles. The average molecular weight is 400 g/mol. The molecule has 1 fully saturated rings. The molecular formula is C25H24N2O3. The minimum Gasteiger partial charge on any atom is -0.454 e. The van der Waals surface area contributed by atoms with Gasteiger partial charge in [0.15, 0.2) is 11.5 Å². The highest BCUT2D eigenvalue weighted by molar-refractivity contribution is 5.76. The number of carbonyl (C=O) groups is 1. The van der Waals surface area contributed by atoms with Crippen molar-refractivity contribution in [3.63, 3.8) is 0 Å². The summed E-state index contributed by atoms with van der Waals surface area (Å²) in [6, 6.07) is 26.1. The quantitative estimate of drug-likeness (QED) is 0.690. The molecule has 3 aromatic carbocycles. The number of likely N-dealkylation sites (tertiary alicyclic amines) is 1. The molecule has 2 amide bonds. The van der Waals surface area contributed by atoms with Gasteiger partial charge in [-0.15, -0.1) is 0 Å². The molecule has 0 spiro atoms. The van der Waals surface area contributed by atoms with Crippen molar-refractivity contribution in [1.82, 2.24) is 10.2 Å². The maximum atomic E-state index is 13.1. The molecule has 5 rings (SSSR count). The van der Waals surface area contributed by atoms with Crippen LogP contribution in [0.1, 0.15) is 35.1 Å². The van der Waals surface area contributed by atoms with Gasteiger partial charge in [0.1, 0.15) is 0 Å². The van der Waals surface area contributed by atoms with Crippen molar-refractivity contribution in [3.8, 4) is 11.5 Å². The molecule has 0 radical (unpaired) electrons. The highest BCUT2D eigenvalue weighted by Gasteiger charge is 2.30. The fraction of sp³-hybridized carbons (Fsp3) is 0.240. The summed E-state index contributed by atoms with van der Waals surface area (Å²) in [6.07, 6.45) is 0.939. The summed E-state index contributed by atoms with van der Waals surface area (Å²) < 4.78 is 10.9. The number of amides is 2. The van der Waals surface area contributed by atoms with Crippen LogP contribution in [0, 0.1) is 0 Å². The summed E-state index contributed by atoms with van der Waals surface area (Å²) in [7, 11) is 0. The summed E-state index contributed by atoms with van der Waals surface area (Å²) in [4.78, 5) is 15.0. The van der Waals surface area contributed by atoms with Gasteiger partial charge >= 0.3 is 6.03 Å². The van der Waals surface area contributed by atoms with Crippen molar-refractivity contribution in [3.05, 3.63) is 95.6 Å². The van der Waals surface area contributed by atoms with E-state index in [0.717, 1.165) is 35.6 Å². The van der Waals surface area contributed by atoms with Crippen molar-refractivity contribution >= 4 is 6.03 Å². The van der Waals surface area contributed by atoms with Crippen LogP contribution in [0.25, 0.3) is 0 Å². The van der Waals surface area contributed by atoms with Gasteiger partial charge in [0.05, 0.1) is 6.04 Å². The molecule has 5 heteroatoms. The summed E-state index contributed by atoms with van der Waals surface area (Å²) in [6.45, 7) is 1.71. The van der Waals surface area contributed by atoms with Crippen molar-refractivity contribution < 1.29 is 14.3 Å². The lowest BCUT2D eigenvalue weighted by molar-refractivity contribution is 0.174. The van der Waals surface area contributed by atoms with E-state index in [1.807, 2.05) is 53.4 Å². The van der Waals surface area contributed by atoms with Crippen molar-refractivity contribution in [1.29, 1.82) is 0 Å². The second kappa shape index (κ2) is 8.11. The van der Waals surface area contributed by atoms with Crippen LogP contribution in [-0.4, -0.2) is 30.8 Å². The van der Waals surface area contributed by atoms with Crippen LogP contribution in [0.5, 0.6) is 11.5 Å². The number of hydrogen-bond donors (Lipinski definition) is 1. The Morgan fingerprint density at radius 3 is 2.27 bits per heavy atom. The summed E-state index contributed by atoms with van der Waals surface area (Å²) in [5.41, 5.74) is 3.34. The first-order valence-electron chi connectivity index (χ1n) is 10.3. The third-order valence-electron chi connectivity index (χ3n) is 5.88. The number of hydrogen-bond acceptors (Lipinski definition) is 3. The molecule has 2 aliphatic rings. The molecule has 2 heterocycles. The van der Waals surface area contributed by atoms with E-state index in [9.17, 15) is 4.79 Å². The maximum Gasteiger partial charge on any atom is 0.318 e. The zero-order chi connectivity index (χ0) is 20.3. The van der Waals surface area contributed by atoms with Crippen molar-refractivity contribution in [2.45, 2.75) is 18.4 Å². The second-order valence-corrected chi connectivity index (χ2v) is 7.75. The Bertz CT molecular complexity index is 984. The number of carbonyl (C=O) groups excluding carboxylic acids is 1. The number of ether oxygens (including phenoxy) is 2. The SMILES string of the molecule is O=C(NC(c1ccccc1)c1ccccc1)N1CCC(c2ccc3c(c2)OCO3)C1.